The minimum atomic E-state index is -3.56. The van der Waals surface area contributed by atoms with Crippen LogP contribution in [0.2, 0.25) is 5.02 Å². The Kier molecular flexibility index (Phi) is 5.99. The topological polar surface area (TPSA) is 75.3 Å². The maximum Gasteiger partial charge on any atom is 0.257 e. The molecule has 7 heteroatoms. The van der Waals surface area contributed by atoms with Crippen molar-refractivity contribution in [1.29, 1.82) is 0 Å². The molecule has 0 spiro atoms. The van der Waals surface area contributed by atoms with Crippen molar-refractivity contribution in [2.75, 3.05) is 5.32 Å². The molecule has 2 aromatic carbocycles. The van der Waals surface area contributed by atoms with Gasteiger partial charge in [-0.05, 0) is 49.7 Å². The predicted octanol–water partition coefficient (Wildman–Crippen LogP) is 3.67. The molecule has 24 heavy (non-hydrogen) atoms. The lowest BCUT2D eigenvalue weighted by Crippen LogP contribution is -2.31. The zero-order valence-electron chi connectivity index (χ0n) is 13.4. The number of carbonyl (C=O) groups excluding carboxylic acids is 1. The summed E-state index contributed by atoms with van der Waals surface area (Å²) in [7, 11) is -3.56. The lowest BCUT2D eigenvalue weighted by Gasteiger charge is -2.12. The Balaban J connectivity index is 2.13. The maximum atomic E-state index is 12.2. The highest BCUT2D eigenvalue weighted by Gasteiger charge is 2.16. The van der Waals surface area contributed by atoms with E-state index in [0.717, 1.165) is 0 Å². The molecule has 0 heterocycles. The van der Waals surface area contributed by atoms with Gasteiger partial charge in [0.1, 0.15) is 0 Å². The van der Waals surface area contributed by atoms with Gasteiger partial charge in [0.05, 0.1) is 15.5 Å². The Morgan fingerprint density at radius 3 is 2.33 bits per heavy atom. The van der Waals surface area contributed by atoms with E-state index in [0.29, 0.717) is 22.7 Å². The van der Waals surface area contributed by atoms with Crippen LogP contribution >= 0.6 is 11.6 Å². The fourth-order valence-electron chi connectivity index (χ4n) is 1.98. The average Bonchev–Trinajstić information content (AvgIpc) is 2.55. The van der Waals surface area contributed by atoms with Crippen molar-refractivity contribution in [2.45, 2.75) is 31.2 Å². The quantitative estimate of drug-likeness (QED) is 0.819. The van der Waals surface area contributed by atoms with Gasteiger partial charge in [0.25, 0.3) is 5.91 Å². The van der Waals surface area contributed by atoms with Gasteiger partial charge in [0, 0.05) is 11.7 Å². The third-order valence-electron chi connectivity index (χ3n) is 3.51. The van der Waals surface area contributed by atoms with Crippen LogP contribution in [-0.2, 0) is 10.0 Å². The van der Waals surface area contributed by atoms with Crippen LogP contribution in [0.25, 0.3) is 0 Å². The summed E-state index contributed by atoms with van der Waals surface area (Å²) in [5.74, 6) is -0.353. The molecule has 0 fully saturated rings. The fraction of sp³-hybridized carbons (Fsp3) is 0.235. The van der Waals surface area contributed by atoms with E-state index in [2.05, 4.69) is 10.0 Å². The first-order chi connectivity index (χ1) is 11.3. The molecule has 128 valence electrons. The zero-order chi connectivity index (χ0) is 17.7. The SMILES string of the molecule is CCC(C)NS(=O)(=O)c1ccc(NC(=O)c2ccccc2Cl)cc1. The number of amides is 1. The summed E-state index contributed by atoms with van der Waals surface area (Å²) in [4.78, 5) is 12.3. The molecule has 5 nitrogen and oxygen atoms in total. The van der Waals surface area contributed by atoms with Crippen LogP contribution in [0.3, 0.4) is 0 Å². The summed E-state index contributed by atoms with van der Waals surface area (Å²) in [5, 5.41) is 3.04. The lowest BCUT2D eigenvalue weighted by molar-refractivity contribution is 0.102. The molecular formula is C17H19ClN2O3S. The highest BCUT2D eigenvalue weighted by atomic mass is 35.5. The molecular weight excluding hydrogens is 348 g/mol. The van der Waals surface area contributed by atoms with Crippen LogP contribution in [0.4, 0.5) is 5.69 Å². The van der Waals surface area contributed by atoms with Gasteiger partial charge in [-0.15, -0.1) is 0 Å². The van der Waals surface area contributed by atoms with Gasteiger partial charge in [-0.3, -0.25) is 4.79 Å². The number of halogens is 1. The Morgan fingerprint density at radius 1 is 1.12 bits per heavy atom. The second-order valence-electron chi connectivity index (χ2n) is 5.39. The van der Waals surface area contributed by atoms with E-state index in [1.165, 1.54) is 12.1 Å². The van der Waals surface area contributed by atoms with E-state index in [1.54, 1.807) is 43.3 Å². The van der Waals surface area contributed by atoms with Crippen molar-refractivity contribution in [3.8, 4) is 0 Å². The van der Waals surface area contributed by atoms with Gasteiger partial charge in [0.2, 0.25) is 10.0 Å². The van der Waals surface area contributed by atoms with Gasteiger partial charge < -0.3 is 5.32 Å². The van der Waals surface area contributed by atoms with E-state index in [9.17, 15) is 13.2 Å². The third-order valence-corrected chi connectivity index (χ3v) is 5.44. The third kappa shape index (κ3) is 4.56. The predicted molar refractivity (Wildman–Crippen MR) is 95.9 cm³/mol. The Bertz CT molecular complexity index is 820. The second kappa shape index (κ2) is 7.79. The summed E-state index contributed by atoms with van der Waals surface area (Å²) in [6.45, 7) is 3.70. The van der Waals surface area contributed by atoms with Crippen molar-refractivity contribution in [3.05, 3.63) is 59.1 Å². The van der Waals surface area contributed by atoms with E-state index < -0.39 is 10.0 Å². The zero-order valence-corrected chi connectivity index (χ0v) is 15.0. The van der Waals surface area contributed by atoms with E-state index >= 15 is 0 Å². The van der Waals surface area contributed by atoms with E-state index in [1.807, 2.05) is 6.92 Å². The first kappa shape index (κ1) is 18.4. The number of nitrogens with one attached hydrogen (secondary N) is 2. The first-order valence-electron chi connectivity index (χ1n) is 7.51. The Morgan fingerprint density at radius 2 is 1.75 bits per heavy atom. The van der Waals surface area contributed by atoms with Crippen LogP contribution < -0.4 is 10.0 Å². The molecule has 0 bridgehead atoms. The Labute approximate surface area is 147 Å². The minimum absolute atomic E-state index is 0.144. The van der Waals surface area contributed by atoms with Crippen LogP contribution in [0.15, 0.2) is 53.4 Å². The lowest BCUT2D eigenvalue weighted by atomic mass is 10.2. The molecule has 0 aliphatic heterocycles. The smallest absolute Gasteiger partial charge is 0.257 e. The van der Waals surface area contributed by atoms with Crippen LogP contribution in [0.1, 0.15) is 30.6 Å². The molecule has 2 rings (SSSR count). The average molecular weight is 367 g/mol. The van der Waals surface area contributed by atoms with Crippen LogP contribution in [0.5, 0.6) is 0 Å². The molecule has 1 atom stereocenters. The number of benzene rings is 2. The summed E-state index contributed by atoms with van der Waals surface area (Å²) < 4.78 is 27.0. The monoisotopic (exact) mass is 366 g/mol. The first-order valence-corrected chi connectivity index (χ1v) is 9.38. The largest absolute Gasteiger partial charge is 0.322 e. The number of hydrogen-bond donors (Lipinski definition) is 2. The molecule has 0 radical (unpaired) electrons. The highest BCUT2D eigenvalue weighted by molar-refractivity contribution is 7.89. The van der Waals surface area contributed by atoms with Gasteiger partial charge in [-0.2, -0.15) is 0 Å². The number of carbonyl (C=O) groups is 1. The fourth-order valence-corrected chi connectivity index (χ4v) is 3.53. The van der Waals surface area contributed by atoms with Crippen molar-refractivity contribution < 1.29 is 13.2 Å². The standard InChI is InChI=1S/C17H19ClN2O3S/c1-3-12(2)20-24(22,23)14-10-8-13(9-11-14)19-17(21)15-6-4-5-7-16(15)18/h4-12,20H,3H2,1-2H3,(H,19,21). The molecule has 1 unspecified atom stereocenters. The summed E-state index contributed by atoms with van der Waals surface area (Å²) in [6.07, 6.45) is 0.700. The van der Waals surface area contributed by atoms with Crippen LogP contribution in [0, 0.1) is 0 Å². The van der Waals surface area contributed by atoms with Gasteiger partial charge >= 0.3 is 0 Å². The molecule has 2 aromatic rings. The Hall–Kier alpha value is -1.89. The summed E-state index contributed by atoms with van der Waals surface area (Å²) in [5.41, 5.74) is 0.844. The van der Waals surface area contributed by atoms with Crippen molar-refractivity contribution in [2.24, 2.45) is 0 Å². The molecule has 0 saturated heterocycles. The summed E-state index contributed by atoms with van der Waals surface area (Å²) in [6, 6.07) is 12.5. The van der Waals surface area contributed by atoms with Gasteiger partial charge in [-0.25, -0.2) is 13.1 Å². The number of rotatable bonds is 6. The summed E-state index contributed by atoms with van der Waals surface area (Å²) >= 11 is 5.98. The minimum Gasteiger partial charge on any atom is -0.322 e. The van der Waals surface area contributed by atoms with Crippen LogP contribution in [-0.4, -0.2) is 20.4 Å². The molecule has 0 aliphatic rings. The van der Waals surface area contributed by atoms with Crippen molar-refractivity contribution >= 4 is 33.2 Å². The highest BCUT2D eigenvalue weighted by Crippen LogP contribution is 2.19. The molecule has 0 aliphatic carbocycles. The van der Waals surface area contributed by atoms with E-state index in [4.69, 9.17) is 11.6 Å². The molecule has 2 N–H and O–H groups in total. The van der Waals surface area contributed by atoms with Gasteiger partial charge in [0.15, 0.2) is 0 Å². The van der Waals surface area contributed by atoms with Gasteiger partial charge in [-0.1, -0.05) is 30.7 Å². The molecule has 0 aromatic heterocycles. The normalized spacial score (nSPS) is 12.6. The van der Waals surface area contributed by atoms with Crippen molar-refractivity contribution in [1.82, 2.24) is 4.72 Å². The number of anilines is 1. The number of hydrogen-bond acceptors (Lipinski definition) is 3. The number of sulfonamides is 1. The molecule has 1 amide bonds. The molecule has 0 saturated carbocycles. The second-order valence-corrected chi connectivity index (χ2v) is 7.51. The maximum absolute atomic E-state index is 12.2. The van der Waals surface area contributed by atoms with E-state index in [-0.39, 0.29) is 16.8 Å². The van der Waals surface area contributed by atoms with Crippen molar-refractivity contribution in [3.63, 3.8) is 0 Å².